The van der Waals surface area contributed by atoms with E-state index < -0.39 is 23.5 Å². The molecule has 3 aromatic carbocycles. The first-order chi connectivity index (χ1) is 18.9. The summed E-state index contributed by atoms with van der Waals surface area (Å²) < 4.78 is 21.7. The second kappa shape index (κ2) is 12.2. The number of ketones is 1. The Morgan fingerprint density at radius 2 is 1.56 bits per heavy atom. The lowest BCUT2D eigenvalue weighted by molar-refractivity contribution is -0.129. The minimum absolute atomic E-state index is 0.0222. The first-order valence-corrected chi connectivity index (χ1v) is 12.4. The lowest BCUT2D eigenvalue weighted by Gasteiger charge is -2.28. The molecule has 4 rings (SSSR count). The maximum atomic E-state index is 13.5. The quantitative estimate of drug-likeness (QED) is 0.352. The van der Waals surface area contributed by atoms with Crippen LogP contribution in [0.2, 0.25) is 0 Å². The summed E-state index contributed by atoms with van der Waals surface area (Å²) >= 11 is 0. The van der Waals surface area contributed by atoms with E-state index in [9.17, 15) is 14.7 Å². The first kappa shape index (κ1) is 27.3. The fourth-order valence-corrected chi connectivity index (χ4v) is 4.62. The van der Waals surface area contributed by atoms with Crippen LogP contribution >= 0.6 is 0 Å². The summed E-state index contributed by atoms with van der Waals surface area (Å²) in [6.45, 7) is 0.211. The molecule has 0 saturated carbocycles. The minimum atomic E-state index is -0.893. The molecule has 1 aliphatic rings. The molecule has 1 heterocycles. The molecular formula is C31H31NO7. The number of ether oxygens (including phenoxy) is 4. The van der Waals surface area contributed by atoms with E-state index in [-0.39, 0.29) is 12.1 Å². The zero-order chi connectivity index (χ0) is 27.9. The van der Waals surface area contributed by atoms with E-state index in [1.54, 1.807) is 44.6 Å². The molecule has 0 bridgehead atoms. The van der Waals surface area contributed by atoms with Crippen LogP contribution in [0, 0.1) is 0 Å². The zero-order valence-electron chi connectivity index (χ0n) is 22.3. The summed E-state index contributed by atoms with van der Waals surface area (Å²) in [5.74, 6) is 0.439. The van der Waals surface area contributed by atoms with E-state index in [1.165, 1.54) is 25.2 Å². The molecule has 1 atom stereocenters. The molecule has 1 amide bonds. The summed E-state index contributed by atoms with van der Waals surface area (Å²) in [4.78, 5) is 28.4. The van der Waals surface area contributed by atoms with Gasteiger partial charge in [-0.25, -0.2) is 0 Å². The van der Waals surface area contributed by atoms with Gasteiger partial charge in [-0.1, -0.05) is 42.5 Å². The molecule has 0 aromatic heterocycles. The van der Waals surface area contributed by atoms with Crippen LogP contribution in [0.5, 0.6) is 23.0 Å². The van der Waals surface area contributed by atoms with Gasteiger partial charge in [-0.15, -0.1) is 0 Å². The summed E-state index contributed by atoms with van der Waals surface area (Å²) in [6.07, 6.45) is 3.45. The minimum Gasteiger partial charge on any atom is -0.503 e. The molecule has 1 N–H and O–H groups in total. The number of hydrogen-bond acceptors (Lipinski definition) is 7. The van der Waals surface area contributed by atoms with Crippen LogP contribution in [0.15, 0.2) is 84.1 Å². The highest BCUT2D eigenvalue weighted by molar-refractivity contribution is 6.14. The Kier molecular flexibility index (Phi) is 8.56. The summed E-state index contributed by atoms with van der Waals surface area (Å²) in [7, 11) is 6.16. The molecule has 202 valence electrons. The maximum Gasteiger partial charge on any atom is 0.290 e. The van der Waals surface area contributed by atoms with Crippen molar-refractivity contribution in [3.05, 3.63) is 101 Å². The first-order valence-electron chi connectivity index (χ1n) is 12.4. The van der Waals surface area contributed by atoms with Crippen molar-refractivity contribution >= 4 is 17.8 Å². The van der Waals surface area contributed by atoms with Gasteiger partial charge in [-0.2, -0.15) is 0 Å². The maximum absolute atomic E-state index is 13.5. The van der Waals surface area contributed by atoms with Crippen molar-refractivity contribution in [2.75, 3.05) is 35.0 Å². The third-order valence-electron chi connectivity index (χ3n) is 6.62. The van der Waals surface area contributed by atoms with Gasteiger partial charge in [0.25, 0.3) is 5.91 Å². The van der Waals surface area contributed by atoms with Gasteiger partial charge in [0.2, 0.25) is 0 Å². The van der Waals surface area contributed by atoms with Crippen LogP contribution in [-0.2, 0) is 16.0 Å². The van der Waals surface area contributed by atoms with Crippen LogP contribution < -0.4 is 18.9 Å². The van der Waals surface area contributed by atoms with Crippen molar-refractivity contribution in [1.82, 2.24) is 4.90 Å². The average molecular weight is 530 g/mol. The number of benzene rings is 3. The Bertz CT molecular complexity index is 1410. The van der Waals surface area contributed by atoms with Crippen molar-refractivity contribution in [1.29, 1.82) is 0 Å². The molecule has 0 spiro atoms. The Balaban J connectivity index is 1.73. The number of nitrogens with zero attached hydrogens (tertiary/aromatic N) is 1. The standard InChI is InChI=1S/C31H31NO7/c1-36-22-12-15-25(37-2)23(19-22)29-28(24(33)13-10-20-8-6-5-7-9-20)30(34)31(35)32(29)17-16-21-11-14-26(38-3)27(18-21)39-4/h5-15,18-19,29,34H,16-17H2,1-4H3/b13-10+/t29-/m0/s1. The molecule has 8 nitrogen and oxygen atoms in total. The van der Waals surface area contributed by atoms with Crippen LogP contribution in [0.1, 0.15) is 22.7 Å². The normalized spacial score (nSPS) is 15.1. The second-order valence-electron chi connectivity index (χ2n) is 8.82. The number of methoxy groups -OCH3 is 4. The zero-order valence-corrected chi connectivity index (χ0v) is 22.3. The van der Waals surface area contributed by atoms with Gasteiger partial charge in [0.1, 0.15) is 11.5 Å². The Labute approximate surface area is 227 Å². The lowest BCUT2D eigenvalue weighted by atomic mass is 9.94. The Morgan fingerprint density at radius 3 is 2.23 bits per heavy atom. The number of allylic oxidation sites excluding steroid dienone is 1. The second-order valence-corrected chi connectivity index (χ2v) is 8.82. The molecule has 0 unspecified atom stereocenters. The summed E-state index contributed by atoms with van der Waals surface area (Å²) in [6, 6.07) is 19.1. The van der Waals surface area contributed by atoms with E-state index in [0.717, 1.165) is 11.1 Å². The van der Waals surface area contributed by atoms with E-state index in [1.807, 2.05) is 42.5 Å². The largest absolute Gasteiger partial charge is 0.503 e. The van der Waals surface area contributed by atoms with Gasteiger partial charge in [-0.05, 0) is 54.0 Å². The van der Waals surface area contributed by atoms with Crippen molar-refractivity contribution in [2.24, 2.45) is 0 Å². The van der Waals surface area contributed by atoms with Crippen LogP contribution in [-0.4, -0.2) is 56.7 Å². The van der Waals surface area contributed by atoms with Crippen LogP contribution in [0.3, 0.4) is 0 Å². The highest BCUT2D eigenvalue weighted by Gasteiger charge is 2.44. The number of aliphatic hydroxyl groups excluding tert-OH is 1. The highest BCUT2D eigenvalue weighted by Crippen LogP contribution is 2.43. The molecule has 3 aromatic rings. The van der Waals surface area contributed by atoms with Crippen LogP contribution in [0.4, 0.5) is 0 Å². The fraction of sp³-hybridized carbons (Fsp3) is 0.226. The Morgan fingerprint density at radius 1 is 0.872 bits per heavy atom. The van der Waals surface area contributed by atoms with Gasteiger partial charge in [0.15, 0.2) is 23.0 Å². The number of hydrogen-bond donors (Lipinski definition) is 1. The third kappa shape index (κ3) is 5.75. The van der Waals surface area contributed by atoms with Gasteiger partial charge >= 0.3 is 0 Å². The Hall–Kier alpha value is -4.72. The molecule has 0 radical (unpaired) electrons. The number of aliphatic hydroxyl groups is 1. The lowest BCUT2D eigenvalue weighted by Crippen LogP contribution is -2.33. The predicted octanol–water partition coefficient (Wildman–Crippen LogP) is 4.94. The number of rotatable bonds is 11. The van der Waals surface area contributed by atoms with Gasteiger partial charge in [0.05, 0.1) is 40.1 Å². The smallest absolute Gasteiger partial charge is 0.290 e. The summed E-state index contributed by atoms with van der Waals surface area (Å²) in [5.41, 5.74) is 2.21. The van der Waals surface area contributed by atoms with Crippen molar-refractivity contribution in [3.8, 4) is 23.0 Å². The van der Waals surface area contributed by atoms with Gasteiger partial charge in [-0.3, -0.25) is 9.59 Å². The van der Waals surface area contributed by atoms with E-state index >= 15 is 0 Å². The SMILES string of the molecule is COc1ccc(OC)c([C@H]2C(C(=O)/C=C/c3ccccc3)=C(O)C(=O)N2CCc2ccc(OC)c(OC)c2)c1. The van der Waals surface area contributed by atoms with Gasteiger partial charge < -0.3 is 29.0 Å². The monoisotopic (exact) mass is 529 g/mol. The molecular weight excluding hydrogens is 498 g/mol. The van der Waals surface area contributed by atoms with Crippen LogP contribution in [0.25, 0.3) is 6.08 Å². The molecule has 39 heavy (non-hydrogen) atoms. The molecule has 0 fully saturated rings. The molecule has 1 aliphatic heterocycles. The topological polar surface area (TPSA) is 94.5 Å². The molecule has 8 heteroatoms. The highest BCUT2D eigenvalue weighted by atomic mass is 16.5. The van der Waals surface area contributed by atoms with Crippen molar-refractivity contribution in [3.63, 3.8) is 0 Å². The number of carbonyl (C=O) groups is 2. The molecule has 0 aliphatic carbocycles. The number of carbonyl (C=O) groups excluding carboxylic acids is 2. The predicted molar refractivity (Wildman–Crippen MR) is 147 cm³/mol. The van der Waals surface area contributed by atoms with Crippen molar-refractivity contribution < 1.29 is 33.6 Å². The molecule has 0 saturated heterocycles. The van der Waals surface area contributed by atoms with E-state index in [4.69, 9.17) is 18.9 Å². The fourth-order valence-electron chi connectivity index (χ4n) is 4.62. The van der Waals surface area contributed by atoms with E-state index in [2.05, 4.69) is 0 Å². The average Bonchev–Trinajstić information content (AvgIpc) is 3.23. The number of amides is 1. The van der Waals surface area contributed by atoms with Crippen molar-refractivity contribution in [2.45, 2.75) is 12.5 Å². The summed E-state index contributed by atoms with van der Waals surface area (Å²) in [5, 5.41) is 11.0. The van der Waals surface area contributed by atoms with E-state index in [0.29, 0.717) is 35.0 Å². The third-order valence-corrected chi connectivity index (χ3v) is 6.62. The van der Waals surface area contributed by atoms with Gasteiger partial charge in [0, 0.05) is 12.1 Å².